The number of alkyl halides is 1. The summed E-state index contributed by atoms with van der Waals surface area (Å²) in [6.45, 7) is 15.3. The molecule has 3 aromatic rings. The molecule has 1 aromatic heterocycles. The summed E-state index contributed by atoms with van der Waals surface area (Å²) >= 11 is 9.68. The normalized spacial score (nSPS) is 21.4. The van der Waals surface area contributed by atoms with Gasteiger partial charge in [0.25, 0.3) is 5.91 Å². The molecule has 2 aromatic carbocycles. The fraction of sp³-hybridized carbons (Fsp3) is 0.569. The molecule has 5 aliphatic rings. The fourth-order valence-corrected chi connectivity index (χ4v) is 11.2. The number of amides is 5. The third-order valence-electron chi connectivity index (χ3n) is 14.1. The highest BCUT2D eigenvalue weighted by Crippen LogP contribution is 2.41. The van der Waals surface area contributed by atoms with Gasteiger partial charge in [-0.05, 0) is 81.5 Å². The maximum atomic E-state index is 14.7. The van der Waals surface area contributed by atoms with Crippen molar-refractivity contribution < 1.29 is 33.1 Å². The molecule has 8 rings (SSSR count). The van der Waals surface area contributed by atoms with Gasteiger partial charge < -0.3 is 36.2 Å². The van der Waals surface area contributed by atoms with Gasteiger partial charge in [0.1, 0.15) is 42.1 Å². The van der Waals surface area contributed by atoms with E-state index >= 15 is 0 Å². The van der Waals surface area contributed by atoms with E-state index in [-0.39, 0.29) is 49.3 Å². The average Bonchev–Trinajstić information content (AvgIpc) is 3.67. The number of benzene rings is 2. The van der Waals surface area contributed by atoms with Crippen LogP contribution < -0.4 is 26.4 Å². The molecule has 3 saturated heterocycles. The van der Waals surface area contributed by atoms with Crippen LogP contribution in [0, 0.1) is 12.3 Å². The van der Waals surface area contributed by atoms with E-state index in [2.05, 4.69) is 37.7 Å². The number of carbonyl (C=O) groups is 5. The van der Waals surface area contributed by atoms with Crippen molar-refractivity contribution in [2.75, 3.05) is 70.8 Å². The van der Waals surface area contributed by atoms with E-state index in [0.29, 0.717) is 81.7 Å². The Labute approximate surface area is 434 Å². The molecule has 0 radical (unpaired) electrons. The molecule has 5 N–H and O–H groups in total. The quantitative estimate of drug-likeness (QED) is 0.129. The van der Waals surface area contributed by atoms with Crippen LogP contribution in [0.4, 0.5) is 10.1 Å². The van der Waals surface area contributed by atoms with Gasteiger partial charge in [-0.3, -0.25) is 43.8 Å². The van der Waals surface area contributed by atoms with Gasteiger partial charge in [-0.25, -0.2) is 9.37 Å². The molecule has 17 nitrogen and oxygen atoms in total. The second-order valence-corrected chi connectivity index (χ2v) is 23.2. The topological polar surface area (TPSA) is 207 Å². The number of likely N-dealkylation sites (tertiary alicyclic amines) is 2. The zero-order chi connectivity index (χ0) is 51.4. The Kier molecular flexibility index (Phi) is 16.8. The monoisotopic (exact) mass is 1050 g/mol. The number of carbonyl (C=O) groups excluding carboxylic acids is 5. The predicted octanol–water partition coefficient (Wildman–Crippen LogP) is 5.68. The minimum absolute atomic E-state index is 0.00583. The van der Waals surface area contributed by atoms with Crippen LogP contribution >= 0.6 is 34.7 Å². The average molecular weight is 1050 g/mol. The first-order valence-electron chi connectivity index (χ1n) is 24.9. The van der Waals surface area contributed by atoms with Crippen molar-refractivity contribution in [1.82, 2.24) is 35.2 Å². The summed E-state index contributed by atoms with van der Waals surface area (Å²) in [5, 5.41) is 9.62. The van der Waals surface area contributed by atoms with Gasteiger partial charge in [-0.15, -0.1) is 11.3 Å². The summed E-state index contributed by atoms with van der Waals surface area (Å²) in [4.78, 5) is 90.4. The Hall–Kier alpha value is -4.99. The number of thiazole rings is 1. The van der Waals surface area contributed by atoms with Gasteiger partial charge in [0.2, 0.25) is 23.6 Å². The lowest BCUT2D eigenvalue weighted by Crippen LogP contribution is -2.58. The Morgan fingerprint density at radius 1 is 1.03 bits per heavy atom. The highest BCUT2D eigenvalue weighted by atomic mass is 35.5. The van der Waals surface area contributed by atoms with Crippen LogP contribution in [-0.4, -0.2) is 160 Å². The number of aromatic nitrogens is 1. The number of aliphatic imine (C=N–C) groups is 2. The highest BCUT2D eigenvalue weighted by Gasteiger charge is 2.53. The first-order chi connectivity index (χ1) is 34.3. The number of piperidine rings is 1. The standard InChI is InChI=1S/C51H67ClFN11O6S2/c1-32-44(71-31-58-32)33-11-12-34(28-57-46(67)36-9-7-17-64(36)47(68)45(49(2,3)4)60-48(69)51(53)13-14-51)37(26-33)70-25-24-61-20-22-63(23-21-61)42(66)27-40(65)59-35-8-6-10-38(43(35)52)72-41-30-55-39(29-56-41)62-18-15-50(5,54)16-19-62/h6,8,10-12,26,30-31,36,39,45H,7,9,13-25,27-29,54H2,1-5H3,(H,57,67)(H,59,65)(H,60,69)/t36-,39?,45+/m0/s1. The maximum Gasteiger partial charge on any atom is 0.258 e. The van der Waals surface area contributed by atoms with Gasteiger partial charge in [-0.2, -0.15) is 0 Å². The van der Waals surface area contributed by atoms with E-state index in [9.17, 15) is 28.4 Å². The van der Waals surface area contributed by atoms with Crippen LogP contribution in [0.25, 0.3) is 10.4 Å². The smallest absolute Gasteiger partial charge is 0.258 e. The van der Waals surface area contributed by atoms with Crippen LogP contribution in [0.15, 0.2) is 56.8 Å². The number of thioether (sulfide) groups is 1. The number of hydrogen-bond acceptors (Lipinski definition) is 14. The van der Waals surface area contributed by atoms with Crippen molar-refractivity contribution >= 4 is 81.2 Å². The van der Waals surface area contributed by atoms with Gasteiger partial charge in [0.05, 0.1) is 39.6 Å². The van der Waals surface area contributed by atoms with Crippen molar-refractivity contribution in [2.45, 2.75) is 120 Å². The molecule has 388 valence electrons. The third-order valence-corrected chi connectivity index (χ3v) is 16.6. The minimum atomic E-state index is -1.93. The maximum absolute atomic E-state index is 14.7. The molecule has 4 aliphatic heterocycles. The van der Waals surface area contributed by atoms with Crippen molar-refractivity contribution in [3.63, 3.8) is 0 Å². The minimum Gasteiger partial charge on any atom is -0.492 e. The Balaban J connectivity index is 0.803. The SMILES string of the molecule is Cc1ncsc1-c1ccc(CNC(=O)[C@@H]2CCCN2C(=O)[C@@H](NC(=O)C2(F)CC2)C(C)(C)C)c(OCCN2CCN(C(=O)CC(=O)Nc3cccc(SC4=NCC(N5CCC(C)(N)CC5)N=C4)c3Cl)CC2)c1. The lowest BCUT2D eigenvalue weighted by Gasteiger charge is -2.39. The number of piperazine rings is 1. The number of anilines is 1. The largest absolute Gasteiger partial charge is 0.492 e. The molecule has 72 heavy (non-hydrogen) atoms. The molecular formula is C51H67ClFN11O6S2. The summed E-state index contributed by atoms with van der Waals surface area (Å²) in [5.41, 5.74) is 8.31. The highest BCUT2D eigenvalue weighted by molar-refractivity contribution is 8.15. The van der Waals surface area contributed by atoms with Gasteiger partial charge in [0, 0.05) is 74.9 Å². The van der Waals surface area contributed by atoms with E-state index in [1.807, 2.05) is 52.0 Å². The molecule has 5 heterocycles. The fourth-order valence-electron chi connectivity index (χ4n) is 9.33. The van der Waals surface area contributed by atoms with Gasteiger partial charge in [-0.1, -0.05) is 62.3 Å². The van der Waals surface area contributed by atoms with Crippen molar-refractivity contribution in [2.24, 2.45) is 21.1 Å². The molecule has 5 amide bonds. The van der Waals surface area contributed by atoms with Crippen molar-refractivity contribution in [3.8, 4) is 16.2 Å². The van der Waals surface area contributed by atoms with E-state index in [1.54, 1.807) is 28.8 Å². The molecular weight excluding hydrogens is 981 g/mol. The lowest BCUT2D eigenvalue weighted by atomic mass is 9.85. The first-order valence-corrected chi connectivity index (χ1v) is 27.0. The predicted molar refractivity (Wildman–Crippen MR) is 280 cm³/mol. The zero-order valence-corrected chi connectivity index (χ0v) is 44.2. The Morgan fingerprint density at radius 3 is 2.44 bits per heavy atom. The summed E-state index contributed by atoms with van der Waals surface area (Å²) < 4.78 is 21.1. The molecule has 0 bridgehead atoms. The number of nitrogens with one attached hydrogen (secondary N) is 3. The second kappa shape index (κ2) is 22.6. The first kappa shape index (κ1) is 53.3. The number of nitrogens with two attached hydrogens (primary N) is 1. The number of hydrogen-bond donors (Lipinski definition) is 4. The number of rotatable bonds is 16. The number of ether oxygens (including phenoxy) is 1. The number of nitrogens with zero attached hydrogens (tertiary/aromatic N) is 7. The molecule has 0 spiro atoms. The lowest BCUT2D eigenvalue weighted by molar-refractivity contribution is -0.144. The second-order valence-electron chi connectivity index (χ2n) is 20.9. The van der Waals surface area contributed by atoms with Crippen LogP contribution in [0.1, 0.15) is 83.9 Å². The van der Waals surface area contributed by atoms with Crippen molar-refractivity contribution in [3.05, 3.63) is 58.2 Å². The Bertz CT molecular complexity index is 2570. The van der Waals surface area contributed by atoms with Gasteiger partial charge in [0.15, 0.2) is 5.67 Å². The summed E-state index contributed by atoms with van der Waals surface area (Å²) in [5.74, 6) is -1.62. The van der Waals surface area contributed by atoms with E-state index < -0.39 is 40.9 Å². The van der Waals surface area contributed by atoms with Crippen LogP contribution in [0.2, 0.25) is 5.02 Å². The third kappa shape index (κ3) is 13.2. The molecule has 4 fully saturated rings. The molecule has 1 saturated carbocycles. The Morgan fingerprint density at radius 2 is 1.78 bits per heavy atom. The summed E-state index contributed by atoms with van der Waals surface area (Å²) in [7, 11) is 0. The molecule has 1 aliphatic carbocycles. The van der Waals surface area contributed by atoms with Gasteiger partial charge >= 0.3 is 0 Å². The van der Waals surface area contributed by atoms with Crippen LogP contribution in [-0.2, 0) is 30.5 Å². The molecule has 1 unspecified atom stereocenters. The van der Waals surface area contributed by atoms with Crippen LogP contribution in [0.5, 0.6) is 5.75 Å². The van der Waals surface area contributed by atoms with E-state index in [1.165, 1.54) is 28.0 Å². The number of halogens is 2. The van der Waals surface area contributed by atoms with Crippen LogP contribution in [0.3, 0.4) is 0 Å². The summed E-state index contributed by atoms with van der Waals surface area (Å²) in [6.07, 6.45) is 4.64. The van der Waals surface area contributed by atoms with Crippen molar-refractivity contribution in [1.29, 1.82) is 0 Å². The van der Waals surface area contributed by atoms with E-state index in [0.717, 1.165) is 57.6 Å². The summed E-state index contributed by atoms with van der Waals surface area (Å²) in [6, 6.07) is 9.48. The molecule has 3 atom stereocenters. The number of aryl methyl sites for hydroxylation is 1. The van der Waals surface area contributed by atoms with E-state index in [4.69, 9.17) is 32.1 Å². The molecule has 21 heteroatoms. The zero-order valence-electron chi connectivity index (χ0n) is 41.8.